The number of hydrogen-bond donors (Lipinski definition) is 0. The molecular weight excluding hydrogens is 180 g/mol. The first-order chi connectivity index (χ1) is 7.10. The smallest absolute Gasteiger partial charge is 0.0394 e. The lowest BCUT2D eigenvalue weighted by molar-refractivity contribution is 0.226. The average Bonchev–Trinajstić information content (AvgIpc) is 2.21. The third-order valence-electron chi connectivity index (χ3n) is 4.45. The molecule has 0 bridgehead atoms. The van der Waals surface area contributed by atoms with Crippen molar-refractivity contribution in [3.05, 3.63) is 0 Å². The van der Waals surface area contributed by atoms with E-state index >= 15 is 0 Å². The zero-order valence-corrected chi connectivity index (χ0v) is 11.8. The molecule has 15 heavy (non-hydrogen) atoms. The summed E-state index contributed by atoms with van der Waals surface area (Å²) >= 11 is 0. The van der Waals surface area contributed by atoms with E-state index in [1.54, 1.807) is 0 Å². The van der Waals surface area contributed by atoms with E-state index in [1.165, 1.54) is 32.1 Å². The summed E-state index contributed by atoms with van der Waals surface area (Å²) < 4.78 is 0. The van der Waals surface area contributed by atoms with Crippen molar-refractivity contribution in [2.24, 2.45) is 23.7 Å². The second kappa shape index (κ2) is 8.19. The van der Waals surface area contributed by atoms with E-state index in [4.69, 9.17) is 0 Å². The fourth-order valence-electron chi connectivity index (χ4n) is 3.16. The maximum atomic E-state index is 2.45. The van der Waals surface area contributed by atoms with Crippen LogP contribution in [0.3, 0.4) is 0 Å². The van der Waals surface area contributed by atoms with Crippen LogP contribution in [-0.4, -0.2) is 0 Å². The minimum absolute atomic E-state index is 0.913. The van der Waals surface area contributed by atoms with E-state index in [0.717, 1.165) is 23.7 Å². The highest BCUT2D eigenvalue weighted by Gasteiger charge is 2.20. The first-order valence-corrected chi connectivity index (χ1v) is 7.10. The monoisotopic (exact) mass is 212 g/mol. The number of hydrogen-bond acceptors (Lipinski definition) is 0. The summed E-state index contributed by atoms with van der Waals surface area (Å²) in [4.78, 5) is 0. The Balaban J connectivity index is 4.08. The van der Waals surface area contributed by atoms with Crippen molar-refractivity contribution in [2.75, 3.05) is 0 Å². The molecule has 0 heteroatoms. The molecule has 0 aliphatic heterocycles. The van der Waals surface area contributed by atoms with Crippen LogP contribution in [0.2, 0.25) is 0 Å². The Morgan fingerprint density at radius 2 is 0.867 bits per heavy atom. The highest BCUT2D eigenvalue weighted by Crippen LogP contribution is 2.30. The van der Waals surface area contributed by atoms with E-state index < -0.39 is 0 Å². The van der Waals surface area contributed by atoms with Gasteiger partial charge in [-0.3, -0.25) is 0 Å². The Morgan fingerprint density at radius 1 is 0.600 bits per heavy atom. The molecule has 0 nitrogen and oxygen atoms in total. The van der Waals surface area contributed by atoms with Crippen molar-refractivity contribution < 1.29 is 0 Å². The van der Waals surface area contributed by atoms with Crippen LogP contribution in [0.15, 0.2) is 0 Å². The van der Waals surface area contributed by atoms with Crippen LogP contribution in [0.1, 0.15) is 73.6 Å². The van der Waals surface area contributed by atoms with E-state index in [1.807, 2.05) is 0 Å². The molecule has 2 unspecified atom stereocenters. The molecule has 0 spiro atoms. The van der Waals surface area contributed by atoms with Crippen LogP contribution in [0.5, 0.6) is 0 Å². The maximum absolute atomic E-state index is 2.45. The molecule has 0 aromatic heterocycles. The average molecular weight is 212 g/mol. The van der Waals surface area contributed by atoms with Crippen LogP contribution in [0.25, 0.3) is 0 Å². The summed E-state index contributed by atoms with van der Waals surface area (Å²) in [5, 5.41) is 0. The molecular formula is C15H32. The van der Waals surface area contributed by atoms with Gasteiger partial charge in [-0.05, 0) is 30.1 Å². The summed E-state index contributed by atoms with van der Waals surface area (Å²) in [6, 6.07) is 0. The Morgan fingerprint density at radius 3 is 1.07 bits per heavy atom. The lowest BCUT2D eigenvalue weighted by Crippen LogP contribution is -2.18. The minimum Gasteiger partial charge on any atom is -0.0651 e. The first kappa shape index (κ1) is 15.0. The highest BCUT2D eigenvalue weighted by molar-refractivity contribution is 4.71. The van der Waals surface area contributed by atoms with Gasteiger partial charge in [0.2, 0.25) is 0 Å². The van der Waals surface area contributed by atoms with Gasteiger partial charge in [0, 0.05) is 0 Å². The molecule has 2 atom stereocenters. The fraction of sp³-hybridized carbons (Fsp3) is 1.00. The van der Waals surface area contributed by atoms with Crippen LogP contribution < -0.4 is 0 Å². The van der Waals surface area contributed by atoms with Gasteiger partial charge < -0.3 is 0 Å². The second-order valence-corrected chi connectivity index (χ2v) is 5.34. The Bertz CT molecular complexity index is 115. The summed E-state index contributed by atoms with van der Waals surface area (Å²) in [6.07, 6.45) is 6.85. The van der Waals surface area contributed by atoms with Gasteiger partial charge in [-0.15, -0.1) is 0 Å². The van der Waals surface area contributed by atoms with Crippen molar-refractivity contribution in [1.82, 2.24) is 0 Å². The van der Waals surface area contributed by atoms with Gasteiger partial charge in [-0.2, -0.15) is 0 Å². The SMILES string of the molecule is CCC(CC)C(C)CC(C)C(CC)CC. The van der Waals surface area contributed by atoms with Crippen molar-refractivity contribution in [2.45, 2.75) is 73.6 Å². The molecule has 0 amide bonds. The van der Waals surface area contributed by atoms with E-state index in [-0.39, 0.29) is 0 Å². The lowest BCUT2D eigenvalue weighted by atomic mass is 9.78. The summed E-state index contributed by atoms with van der Waals surface area (Å²) in [7, 11) is 0. The van der Waals surface area contributed by atoms with Gasteiger partial charge >= 0.3 is 0 Å². The molecule has 0 saturated heterocycles. The zero-order chi connectivity index (χ0) is 11.8. The van der Waals surface area contributed by atoms with Crippen LogP contribution >= 0.6 is 0 Å². The van der Waals surface area contributed by atoms with E-state index in [2.05, 4.69) is 41.5 Å². The van der Waals surface area contributed by atoms with Crippen LogP contribution in [0.4, 0.5) is 0 Å². The molecule has 0 aromatic carbocycles. The summed E-state index contributed by atoms with van der Waals surface area (Å²) in [5.74, 6) is 3.72. The molecule has 0 heterocycles. The molecule has 0 radical (unpaired) electrons. The van der Waals surface area contributed by atoms with Crippen LogP contribution in [0, 0.1) is 23.7 Å². The van der Waals surface area contributed by atoms with Crippen molar-refractivity contribution in [3.8, 4) is 0 Å². The minimum atomic E-state index is 0.913. The maximum Gasteiger partial charge on any atom is -0.0394 e. The van der Waals surface area contributed by atoms with Crippen molar-refractivity contribution >= 4 is 0 Å². The highest BCUT2D eigenvalue weighted by atomic mass is 14.3. The standard InChI is InChI=1S/C15H32/c1-7-14(8-2)12(5)11-13(6)15(9-3)10-4/h12-15H,7-11H2,1-6H3. The predicted molar refractivity (Wildman–Crippen MR) is 71.1 cm³/mol. The summed E-state index contributed by atoms with van der Waals surface area (Å²) in [6.45, 7) is 14.3. The Labute approximate surface area is 97.8 Å². The van der Waals surface area contributed by atoms with Gasteiger partial charge in [-0.1, -0.05) is 67.2 Å². The van der Waals surface area contributed by atoms with Crippen molar-refractivity contribution in [1.29, 1.82) is 0 Å². The molecule has 92 valence electrons. The molecule has 0 N–H and O–H groups in total. The van der Waals surface area contributed by atoms with Gasteiger partial charge in [0.1, 0.15) is 0 Å². The lowest BCUT2D eigenvalue weighted by Gasteiger charge is -2.28. The molecule has 0 fully saturated rings. The molecule has 0 aromatic rings. The second-order valence-electron chi connectivity index (χ2n) is 5.34. The quantitative estimate of drug-likeness (QED) is 0.497. The number of rotatable bonds is 8. The Kier molecular flexibility index (Phi) is 8.19. The summed E-state index contributed by atoms with van der Waals surface area (Å²) in [5.41, 5.74) is 0. The topological polar surface area (TPSA) is 0 Å². The van der Waals surface area contributed by atoms with Crippen molar-refractivity contribution in [3.63, 3.8) is 0 Å². The van der Waals surface area contributed by atoms with Gasteiger partial charge in [0.25, 0.3) is 0 Å². The van der Waals surface area contributed by atoms with E-state index in [9.17, 15) is 0 Å². The normalized spacial score (nSPS) is 16.0. The molecule has 0 saturated carbocycles. The van der Waals surface area contributed by atoms with E-state index in [0.29, 0.717) is 0 Å². The molecule has 0 aliphatic carbocycles. The van der Waals surface area contributed by atoms with Crippen LogP contribution in [-0.2, 0) is 0 Å². The zero-order valence-electron chi connectivity index (χ0n) is 11.8. The van der Waals surface area contributed by atoms with Gasteiger partial charge in [0.05, 0.1) is 0 Å². The third kappa shape index (κ3) is 5.04. The Hall–Kier alpha value is 0. The third-order valence-corrected chi connectivity index (χ3v) is 4.45. The fourth-order valence-corrected chi connectivity index (χ4v) is 3.16. The van der Waals surface area contributed by atoms with Gasteiger partial charge in [-0.25, -0.2) is 0 Å². The largest absolute Gasteiger partial charge is 0.0651 e. The molecule has 0 aliphatic rings. The first-order valence-electron chi connectivity index (χ1n) is 7.10. The molecule has 0 rings (SSSR count). The van der Waals surface area contributed by atoms with Gasteiger partial charge in [0.15, 0.2) is 0 Å². The predicted octanol–water partition coefficient (Wildman–Crippen LogP) is 5.52.